The Morgan fingerprint density at radius 2 is 1.70 bits per heavy atom. The van der Waals surface area contributed by atoms with Crippen molar-refractivity contribution in [3.8, 4) is 0 Å². The average Bonchev–Trinajstić information content (AvgIpc) is 3.12. The zero-order valence-corrected chi connectivity index (χ0v) is 16.3. The Morgan fingerprint density at radius 1 is 1.04 bits per heavy atom. The molecule has 1 amide bonds. The smallest absolute Gasteiger partial charge is 0.270 e. The van der Waals surface area contributed by atoms with Crippen LogP contribution >= 0.6 is 11.3 Å². The summed E-state index contributed by atoms with van der Waals surface area (Å²) in [5, 5.41) is 10.2. The molecule has 27 heavy (non-hydrogen) atoms. The number of amides is 1. The number of carbonyl (C=O) groups excluding carboxylic acids is 1. The first kappa shape index (κ1) is 19.2. The first-order valence-corrected chi connectivity index (χ1v) is 10.4. The predicted octanol–water partition coefficient (Wildman–Crippen LogP) is 3.14. The zero-order valence-electron chi connectivity index (χ0n) is 14.7. The molecule has 1 aromatic heterocycles. The third kappa shape index (κ3) is 4.57. The maximum atomic E-state index is 12.5. The molecule has 0 radical (unpaired) electrons. The third-order valence-electron chi connectivity index (χ3n) is 3.88. The minimum atomic E-state index is -3.85. The van der Waals surface area contributed by atoms with Crippen molar-refractivity contribution in [2.75, 3.05) is 5.32 Å². The monoisotopic (exact) mass is 402 g/mol. The van der Waals surface area contributed by atoms with Gasteiger partial charge >= 0.3 is 0 Å². The molecule has 7 nitrogen and oxygen atoms in total. The van der Waals surface area contributed by atoms with Gasteiger partial charge in [0.2, 0.25) is 9.47 Å². The zero-order chi connectivity index (χ0) is 19.4. The molecule has 0 fully saturated rings. The van der Waals surface area contributed by atoms with Crippen LogP contribution < -0.4 is 10.0 Å². The van der Waals surface area contributed by atoms with E-state index in [0.717, 1.165) is 22.5 Å². The lowest BCUT2D eigenvalue weighted by Crippen LogP contribution is -2.26. The van der Waals surface area contributed by atoms with Gasteiger partial charge in [-0.15, -0.1) is 10.2 Å². The minimum absolute atomic E-state index is 0.121. The molecule has 1 heterocycles. The molecule has 3 rings (SSSR count). The van der Waals surface area contributed by atoms with Crippen LogP contribution in [-0.2, 0) is 10.0 Å². The van der Waals surface area contributed by atoms with Crippen LogP contribution in [0.5, 0.6) is 0 Å². The maximum absolute atomic E-state index is 12.5. The normalized spacial score (nSPS) is 12.5. The molecule has 2 aromatic carbocycles. The maximum Gasteiger partial charge on any atom is 0.270 e. The van der Waals surface area contributed by atoms with Crippen molar-refractivity contribution in [2.24, 2.45) is 0 Å². The Kier molecular flexibility index (Phi) is 5.64. The molecule has 1 unspecified atom stereocenters. The number of hydrogen-bond donors (Lipinski definition) is 2. The van der Waals surface area contributed by atoms with Gasteiger partial charge in [-0.3, -0.25) is 10.1 Å². The highest BCUT2D eigenvalue weighted by atomic mass is 32.2. The molecule has 1 atom stereocenters. The molecular weight excluding hydrogens is 384 g/mol. The Bertz CT molecular complexity index is 1050. The summed E-state index contributed by atoms with van der Waals surface area (Å²) in [4.78, 5) is 12.3. The van der Waals surface area contributed by atoms with Gasteiger partial charge < -0.3 is 0 Å². The number of sulfonamides is 1. The number of rotatable bonds is 6. The van der Waals surface area contributed by atoms with Gasteiger partial charge in [0.1, 0.15) is 0 Å². The number of aryl methyl sites for hydroxylation is 1. The van der Waals surface area contributed by atoms with Crippen molar-refractivity contribution in [2.45, 2.75) is 24.2 Å². The molecule has 0 bridgehead atoms. The lowest BCUT2D eigenvalue weighted by molar-refractivity contribution is 0.102. The second kappa shape index (κ2) is 7.95. The second-order valence-electron chi connectivity index (χ2n) is 5.90. The van der Waals surface area contributed by atoms with Crippen molar-refractivity contribution in [3.63, 3.8) is 0 Å². The van der Waals surface area contributed by atoms with Crippen molar-refractivity contribution < 1.29 is 13.2 Å². The minimum Gasteiger partial charge on any atom is -0.296 e. The molecule has 0 saturated heterocycles. The van der Waals surface area contributed by atoms with Gasteiger partial charge in [-0.2, -0.15) is 0 Å². The number of carbonyl (C=O) groups is 1. The lowest BCUT2D eigenvalue weighted by Gasteiger charge is -2.12. The number of nitrogens with zero attached hydrogens (tertiary/aromatic N) is 2. The molecule has 0 aliphatic carbocycles. The van der Waals surface area contributed by atoms with E-state index >= 15 is 0 Å². The quantitative estimate of drug-likeness (QED) is 0.617. The van der Waals surface area contributed by atoms with Crippen LogP contribution in [0.3, 0.4) is 0 Å². The topological polar surface area (TPSA) is 101 Å². The summed E-state index contributed by atoms with van der Waals surface area (Å²) in [6.07, 6.45) is 0. The molecule has 2 N–H and O–H groups in total. The van der Waals surface area contributed by atoms with E-state index in [4.69, 9.17) is 0 Å². The number of aromatic nitrogens is 2. The predicted molar refractivity (Wildman–Crippen MR) is 104 cm³/mol. The van der Waals surface area contributed by atoms with Crippen LogP contribution in [0.1, 0.15) is 34.5 Å². The van der Waals surface area contributed by atoms with Crippen LogP contribution in [0.15, 0.2) is 58.9 Å². The van der Waals surface area contributed by atoms with Crippen molar-refractivity contribution in [1.29, 1.82) is 0 Å². The van der Waals surface area contributed by atoms with Gasteiger partial charge in [-0.05, 0) is 31.0 Å². The Hall–Kier alpha value is -2.62. The number of nitrogens with one attached hydrogen (secondary N) is 2. The van der Waals surface area contributed by atoms with Crippen LogP contribution in [0, 0.1) is 6.92 Å². The molecule has 0 saturated carbocycles. The Labute approximate surface area is 161 Å². The largest absolute Gasteiger partial charge is 0.296 e. The van der Waals surface area contributed by atoms with Crippen LogP contribution in [0.4, 0.5) is 5.13 Å². The van der Waals surface area contributed by atoms with E-state index in [9.17, 15) is 13.2 Å². The molecule has 0 spiro atoms. The van der Waals surface area contributed by atoms with Crippen LogP contribution in [-0.4, -0.2) is 24.5 Å². The van der Waals surface area contributed by atoms with Crippen molar-refractivity contribution in [3.05, 3.63) is 71.3 Å². The van der Waals surface area contributed by atoms with E-state index in [2.05, 4.69) is 20.2 Å². The molecular formula is C18H18N4O3S2. The van der Waals surface area contributed by atoms with Crippen LogP contribution in [0.2, 0.25) is 0 Å². The number of hydrogen-bond acceptors (Lipinski definition) is 6. The van der Waals surface area contributed by atoms with E-state index in [0.29, 0.717) is 5.56 Å². The summed E-state index contributed by atoms with van der Waals surface area (Å²) in [5.41, 5.74) is 2.14. The highest BCUT2D eigenvalue weighted by Crippen LogP contribution is 2.23. The molecule has 0 aliphatic rings. The van der Waals surface area contributed by atoms with Crippen LogP contribution in [0.25, 0.3) is 0 Å². The van der Waals surface area contributed by atoms with Gasteiger partial charge in [0.05, 0.1) is 0 Å². The summed E-state index contributed by atoms with van der Waals surface area (Å²) in [5.74, 6) is -0.362. The Balaban J connectivity index is 1.73. The SMILES string of the molecule is Cc1ccccc1C(=O)Nc1nnc(S(=O)(=O)NC(C)c2ccccc2)s1. The van der Waals surface area contributed by atoms with E-state index in [1.807, 2.05) is 49.4 Å². The highest BCUT2D eigenvalue weighted by Gasteiger charge is 2.24. The standard InChI is InChI=1S/C18H18N4O3S2/c1-12-8-6-7-11-15(12)16(23)19-17-20-21-18(26-17)27(24,25)22-13(2)14-9-4-3-5-10-14/h3-11,13,22H,1-2H3,(H,19,20,23). The van der Waals surface area contributed by atoms with Gasteiger partial charge in [0.25, 0.3) is 15.9 Å². The molecule has 0 aliphatic heterocycles. The van der Waals surface area contributed by atoms with Gasteiger partial charge in [0, 0.05) is 11.6 Å². The average molecular weight is 403 g/mol. The summed E-state index contributed by atoms with van der Waals surface area (Å²) >= 11 is 0.801. The summed E-state index contributed by atoms with van der Waals surface area (Å²) < 4.78 is 27.4. The number of benzene rings is 2. The van der Waals surface area contributed by atoms with Gasteiger partial charge in [0.15, 0.2) is 0 Å². The van der Waals surface area contributed by atoms with Crippen molar-refractivity contribution in [1.82, 2.24) is 14.9 Å². The number of anilines is 1. The molecule has 9 heteroatoms. The first-order chi connectivity index (χ1) is 12.9. The summed E-state index contributed by atoms with van der Waals surface area (Å²) in [6.45, 7) is 3.56. The van der Waals surface area contributed by atoms with E-state index < -0.39 is 16.1 Å². The lowest BCUT2D eigenvalue weighted by atomic mass is 10.1. The van der Waals surface area contributed by atoms with E-state index in [1.165, 1.54) is 0 Å². The first-order valence-electron chi connectivity index (χ1n) is 8.14. The van der Waals surface area contributed by atoms with Gasteiger partial charge in [-0.1, -0.05) is 59.9 Å². The third-order valence-corrected chi connectivity index (χ3v) is 6.62. The second-order valence-corrected chi connectivity index (χ2v) is 8.76. The van der Waals surface area contributed by atoms with E-state index in [1.54, 1.807) is 19.1 Å². The Morgan fingerprint density at radius 3 is 2.41 bits per heavy atom. The molecule has 140 valence electrons. The fourth-order valence-electron chi connectivity index (χ4n) is 2.45. The highest BCUT2D eigenvalue weighted by molar-refractivity contribution is 7.91. The van der Waals surface area contributed by atoms with E-state index in [-0.39, 0.29) is 15.4 Å². The van der Waals surface area contributed by atoms with Gasteiger partial charge in [-0.25, -0.2) is 13.1 Å². The summed E-state index contributed by atoms with van der Waals surface area (Å²) in [6, 6.07) is 15.9. The fourth-order valence-corrected chi connectivity index (χ4v) is 4.60. The summed E-state index contributed by atoms with van der Waals surface area (Å²) in [7, 11) is -3.85. The fraction of sp³-hybridized carbons (Fsp3) is 0.167. The molecule has 3 aromatic rings. The van der Waals surface area contributed by atoms with Crippen molar-refractivity contribution >= 4 is 32.4 Å².